The number of rotatable bonds is 2. The Balaban J connectivity index is 1.52. The molecule has 5 nitrogen and oxygen atoms in total. The van der Waals surface area contributed by atoms with Gasteiger partial charge >= 0.3 is 0 Å². The van der Waals surface area contributed by atoms with E-state index in [4.69, 9.17) is 5.73 Å². The van der Waals surface area contributed by atoms with Gasteiger partial charge in [-0.05, 0) is 24.5 Å². The molecule has 0 amide bonds. The van der Waals surface area contributed by atoms with Gasteiger partial charge in [-0.15, -0.1) is 16.9 Å². The maximum absolute atomic E-state index is 5.94. The maximum atomic E-state index is 5.94. The molecule has 2 atom stereocenters. The molecule has 6 heteroatoms. The summed E-state index contributed by atoms with van der Waals surface area (Å²) in [4.78, 5) is 8.20. The average Bonchev–Trinajstić information content (AvgIpc) is 3.16. The summed E-state index contributed by atoms with van der Waals surface area (Å²) < 4.78 is 0. The highest BCUT2D eigenvalue weighted by Crippen LogP contribution is 2.45. The molecule has 0 aliphatic carbocycles. The lowest BCUT2D eigenvalue weighted by Crippen LogP contribution is -2.27. The smallest absolute Gasteiger partial charge is 0.244 e. The molecule has 2 aliphatic heterocycles. The first-order chi connectivity index (χ1) is 9.79. The molecular formula is C14H17N5S. The number of benzene rings is 1. The summed E-state index contributed by atoms with van der Waals surface area (Å²) in [5, 5.41) is 7.82. The highest BCUT2D eigenvalue weighted by molar-refractivity contribution is 7.99. The summed E-state index contributed by atoms with van der Waals surface area (Å²) in [5.41, 5.74) is 7.34. The predicted molar refractivity (Wildman–Crippen MR) is 79.9 cm³/mol. The van der Waals surface area contributed by atoms with Crippen molar-refractivity contribution >= 4 is 17.7 Å². The van der Waals surface area contributed by atoms with Crippen molar-refractivity contribution in [1.82, 2.24) is 15.2 Å². The summed E-state index contributed by atoms with van der Waals surface area (Å²) in [6.07, 6.45) is 2.04. The predicted octanol–water partition coefficient (Wildman–Crippen LogP) is 1.73. The SMILES string of the molecule is NC1CCN(c2n[nH]c(C3Cc4ccccc4S3)n2)C1. The summed E-state index contributed by atoms with van der Waals surface area (Å²) in [5.74, 6) is 1.77. The Bertz CT molecular complexity index is 601. The molecule has 2 unspecified atom stereocenters. The van der Waals surface area contributed by atoms with E-state index in [-0.39, 0.29) is 6.04 Å². The second-order valence-corrected chi connectivity index (χ2v) is 6.68. The maximum Gasteiger partial charge on any atom is 0.244 e. The van der Waals surface area contributed by atoms with Crippen LogP contribution in [0.15, 0.2) is 29.2 Å². The number of hydrogen-bond acceptors (Lipinski definition) is 5. The van der Waals surface area contributed by atoms with Crippen molar-refractivity contribution in [3.63, 3.8) is 0 Å². The Hall–Kier alpha value is -1.53. The summed E-state index contributed by atoms with van der Waals surface area (Å²) >= 11 is 1.87. The third-order valence-corrected chi connectivity index (χ3v) is 5.28. The van der Waals surface area contributed by atoms with Crippen LogP contribution in [0.5, 0.6) is 0 Å². The summed E-state index contributed by atoms with van der Waals surface area (Å²) in [6.45, 7) is 1.81. The largest absolute Gasteiger partial charge is 0.338 e. The van der Waals surface area contributed by atoms with Gasteiger partial charge in [-0.25, -0.2) is 0 Å². The molecule has 2 aromatic rings. The van der Waals surface area contributed by atoms with E-state index in [1.165, 1.54) is 10.5 Å². The van der Waals surface area contributed by atoms with Crippen LogP contribution in [-0.4, -0.2) is 34.3 Å². The number of hydrogen-bond donors (Lipinski definition) is 2. The van der Waals surface area contributed by atoms with Crippen LogP contribution in [0, 0.1) is 0 Å². The molecule has 1 saturated heterocycles. The Kier molecular flexibility index (Phi) is 2.93. The van der Waals surface area contributed by atoms with Gasteiger partial charge in [0.1, 0.15) is 5.82 Å². The van der Waals surface area contributed by atoms with Crippen molar-refractivity contribution in [2.24, 2.45) is 5.73 Å². The zero-order chi connectivity index (χ0) is 13.5. The molecule has 3 N–H and O–H groups in total. The number of aromatic nitrogens is 3. The number of H-pyrrole nitrogens is 1. The summed E-state index contributed by atoms with van der Waals surface area (Å²) in [7, 11) is 0. The minimum atomic E-state index is 0.252. The van der Waals surface area contributed by atoms with Gasteiger partial charge in [-0.2, -0.15) is 4.98 Å². The molecule has 1 aromatic carbocycles. The van der Waals surface area contributed by atoms with Gasteiger partial charge in [0.25, 0.3) is 0 Å². The van der Waals surface area contributed by atoms with Crippen LogP contribution in [-0.2, 0) is 6.42 Å². The Labute approximate surface area is 122 Å². The number of nitrogens with one attached hydrogen (secondary N) is 1. The molecule has 0 saturated carbocycles. The second-order valence-electron chi connectivity index (χ2n) is 5.43. The van der Waals surface area contributed by atoms with Crippen molar-refractivity contribution in [2.75, 3.05) is 18.0 Å². The number of nitrogens with two attached hydrogens (primary N) is 1. The van der Waals surface area contributed by atoms with E-state index >= 15 is 0 Å². The van der Waals surface area contributed by atoms with Crippen molar-refractivity contribution in [3.8, 4) is 0 Å². The first-order valence-electron chi connectivity index (χ1n) is 6.97. The fourth-order valence-electron chi connectivity index (χ4n) is 2.85. The Morgan fingerprint density at radius 3 is 3.05 bits per heavy atom. The van der Waals surface area contributed by atoms with Gasteiger partial charge in [0, 0.05) is 24.0 Å². The van der Waals surface area contributed by atoms with Gasteiger partial charge in [0.05, 0.1) is 5.25 Å². The van der Waals surface area contributed by atoms with E-state index in [0.717, 1.165) is 37.7 Å². The molecule has 20 heavy (non-hydrogen) atoms. The zero-order valence-corrected chi connectivity index (χ0v) is 11.9. The fourth-order valence-corrected chi connectivity index (χ4v) is 4.10. The molecule has 1 fully saturated rings. The lowest BCUT2D eigenvalue weighted by Gasteiger charge is -2.11. The van der Waals surface area contributed by atoms with Crippen LogP contribution in [0.4, 0.5) is 5.95 Å². The van der Waals surface area contributed by atoms with E-state index in [9.17, 15) is 0 Å². The molecule has 0 radical (unpaired) electrons. The number of anilines is 1. The van der Waals surface area contributed by atoms with Crippen molar-refractivity contribution < 1.29 is 0 Å². The fraction of sp³-hybridized carbons (Fsp3) is 0.429. The zero-order valence-electron chi connectivity index (χ0n) is 11.1. The normalized spacial score (nSPS) is 25.1. The standard InChI is InChI=1S/C14H17N5S/c15-10-5-6-19(8-10)14-16-13(17-18-14)12-7-9-3-1-2-4-11(9)20-12/h1-4,10,12H,5-8,15H2,(H,16,17,18). The van der Waals surface area contributed by atoms with Crippen molar-refractivity contribution in [3.05, 3.63) is 35.7 Å². The number of nitrogens with zero attached hydrogens (tertiary/aromatic N) is 3. The van der Waals surface area contributed by atoms with Gasteiger partial charge in [0.2, 0.25) is 5.95 Å². The number of fused-ring (bicyclic) bond motifs is 1. The van der Waals surface area contributed by atoms with Crippen LogP contribution in [0.3, 0.4) is 0 Å². The highest BCUT2D eigenvalue weighted by Gasteiger charge is 2.28. The van der Waals surface area contributed by atoms with Gasteiger partial charge in [-0.3, -0.25) is 5.10 Å². The molecule has 0 bridgehead atoms. The van der Waals surface area contributed by atoms with E-state index in [1.54, 1.807) is 0 Å². The first kappa shape index (κ1) is 12.2. The van der Waals surface area contributed by atoms with E-state index < -0.39 is 0 Å². The topological polar surface area (TPSA) is 70.8 Å². The lowest BCUT2D eigenvalue weighted by molar-refractivity contribution is 0.750. The second kappa shape index (κ2) is 4.79. The van der Waals surface area contributed by atoms with E-state index in [0.29, 0.717) is 5.25 Å². The highest BCUT2D eigenvalue weighted by atomic mass is 32.2. The molecular weight excluding hydrogens is 270 g/mol. The van der Waals surface area contributed by atoms with Crippen LogP contribution in [0.25, 0.3) is 0 Å². The molecule has 3 heterocycles. The van der Waals surface area contributed by atoms with Crippen LogP contribution < -0.4 is 10.6 Å². The van der Waals surface area contributed by atoms with Gasteiger partial charge in [0.15, 0.2) is 0 Å². The molecule has 2 aliphatic rings. The van der Waals surface area contributed by atoms with Crippen molar-refractivity contribution in [2.45, 2.75) is 29.0 Å². The lowest BCUT2D eigenvalue weighted by atomic mass is 10.1. The summed E-state index contributed by atoms with van der Waals surface area (Å²) in [6, 6.07) is 8.81. The van der Waals surface area contributed by atoms with E-state index in [2.05, 4.69) is 44.3 Å². The number of aromatic amines is 1. The first-order valence-corrected chi connectivity index (χ1v) is 7.85. The molecule has 1 aromatic heterocycles. The van der Waals surface area contributed by atoms with E-state index in [1.807, 2.05) is 11.8 Å². The van der Waals surface area contributed by atoms with Gasteiger partial charge < -0.3 is 10.6 Å². The Morgan fingerprint density at radius 2 is 2.25 bits per heavy atom. The third kappa shape index (κ3) is 2.09. The Morgan fingerprint density at radius 1 is 1.35 bits per heavy atom. The molecule has 4 rings (SSSR count). The van der Waals surface area contributed by atoms with Crippen LogP contribution in [0.1, 0.15) is 23.1 Å². The quantitative estimate of drug-likeness (QED) is 0.880. The van der Waals surface area contributed by atoms with Crippen LogP contribution in [0.2, 0.25) is 0 Å². The monoisotopic (exact) mass is 287 g/mol. The minimum absolute atomic E-state index is 0.252. The third-order valence-electron chi connectivity index (χ3n) is 3.95. The van der Waals surface area contributed by atoms with Crippen LogP contribution >= 0.6 is 11.8 Å². The van der Waals surface area contributed by atoms with Gasteiger partial charge in [-0.1, -0.05) is 18.2 Å². The molecule has 0 spiro atoms. The average molecular weight is 287 g/mol. The minimum Gasteiger partial charge on any atom is -0.338 e. The molecule has 104 valence electrons. The van der Waals surface area contributed by atoms with Crippen molar-refractivity contribution in [1.29, 1.82) is 0 Å². The number of thioether (sulfide) groups is 1.